The van der Waals surface area contributed by atoms with E-state index in [1.807, 2.05) is 18.2 Å². The molecule has 0 bridgehead atoms. The van der Waals surface area contributed by atoms with Crippen molar-refractivity contribution in [1.82, 2.24) is 10.2 Å². The summed E-state index contributed by atoms with van der Waals surface area (Å²) in [4.78, 5) is 36.8. The maximum absolute atomic E-state index is 12.2. The number of nitrogens with one attached hydrogen (secondary N) is 1. The summed E-state index contributed by atoms with van der Waals surface area (Å²) < 4.78 is 0. The molecule has 3 rings (SSSR count). The van der Waals surface area contributed by atoms with Crippen molar-refractivity contribution in [3.05, 3.63) is 34.9 Å². The lowest BCUT2D eigenvalue weighted by Crippen LogP contribution is -2.41. The molecule has 5 nitrogen and oxygen atoms in total. The molecule has 1 aromatic carbocycles. The zero-order chi connectivity index (χ0) is 14.3. The van der Waals surface area contributed by atoms with Crippen LogP contribution >= 0.6 is 0 Å². The Labute approximate surface area is 116 Å². The van der Waals surface area contributed by atoms with Crippen molar-refractivity contribution < 1.29 is 14.4 Å². The highest BCUT2D eigenvalue weighted by Gasteiger charge is 2.31. The molecule has 0 spiro atoms. The Balaban J connectivity index is 1.86. The van der Waals surface area contributed by atoms with Gasteiger partial charge in [-0.25, -0.2) is 0 Å². The van der Waals surface area contributed by atoms with E-state index in [1.165, 1.54) is 0 Å². The standard InChI is InChI=1S/C15H16N2O3/c1-17-8-11-4-2-3-9(13(11)15(17)20)7-10-5-6-12(18)16-14(10)19/h2-4,10H,5-8H2,1H3,(H,16,18,19). The van der Waals surface area contributed by atoms with Gasteiger partial charge in [-0.15, -0.1) is 0 Å². The second kappa shape index (κ2) is 4.74. The van der Waals surface area contributed by atoms with Crippen LogP contribution in [-0.2, 0) is 22.6 Å². The number of carbonyl (C=O) groups is 3. The van der Waals surface area contributed by atoms with Gasteiger partial charge in [0, 0.05) is 31.5 Å². The van der Waals surface area contributed by atoms with Crippen molar-refractivity contribution in [3.8, 4) is 0 Å². The zero-order valence-electron chi connectivity index (χ0n) is 11.3. The van der Waals surface area contributed by atoms with Gasteiger partial charge in [0.15, 0.2) is 0 Å². The van der Waals surface area contributed by atoms with E-state index in [9.17, 15) is 14.4 Å². The van der Waals surface area contributed by atoms with Crippen LogP contribution in [0.4, 0.5) is 0 Å². The van der Waals surface area contributed by atoms with Gasteiger partial charge in [0.25, 0.3) is 5.91 Å². The van der Waals surface area contributed by atoms with Crippen LogP contribution in [-0.4, -0.2) is 29.7 Å². The first-order chi connectivity index (χ1) is 9.56. The van der Waals surface area contributed by atoms with Gasteiger partial charge in [-0.2, -0.15) is 0 Å². The molecule has 2 aliphatic rings. The Morgan fingerprint density at radius 3 is 2.85 bits per heavy atom. The molecular weight excluding hydrogens is 256 g/mol. The summed E-state index contributed by atoms with van der Waals surface area (Å²) in [5.41, 5.74) is 2.66. The first kappa shape index (κ1) is 12.8. The Hall–Kier alpha value is -2.17. The number of rotatable bonds is 2. The van der Waals surface area contributed by atoms with E-state index in [1.54, 1.807) is 11.9 Å². The Kier molecular flexibility index (Phi) is 3.04. The van der Waals surface area contributed by atoms with E-state index in [0.717, 1.165) is 16.7 Å². The Morgan fingerprint density at radius 1 is 1.30 bits per heavy atom. The smallest absolute Gasteiger partial charge is 0.254 e. The normalized spacial score (nSPS) is 21.9. The van der Waals surface area contributed by atoms with Crippen molar-refractivity contribution in [2.24, 2.45) is 5.92 Å². The number of benzene rings is 1. The van der Waals surface area contributed by atoms with Crippen molar-refractivity contribution in [2.75, 3.05) is 7.05 Å². The van der Waals surface area contributed by atoms with Gasteiger partial charge in [0.05, 0.1) is 0 Å². The molecule has 1 N–H and O–H groups in total. The average molecular weight is 272 g/mol. The topological polar surface area (TPSA) is 66.5 Å². The van der Waals surface area contributed by atoms with Gasteiger partial charge in [0.2, 0.25) is 11.8 Å². The molecule has 0 radical (unpaired) electrons. The molecule has 2 aliphatic heterocycles. The molecule has 20 heavy (non-hydrogen) atoms. The van der Waals surface area contributed by atoms with Crippen LogP contribution in [0.1, 0.15) is 34.3 Å². The van der Waals surface area contributed by atoms with E-state index in [0.29, 0.717) is 25.8 Å². The molecule has 0 aromatic heterocycles. The molecular formula is C15H16N2O3. The van der Waals surface area contributed by atoms with Gasteiger partial charge in [-0.1, -0.05) is 18.2 Å². The summed E-state index contributed by atoms with van der Waals surface area (Å²) in [7, 11) is 1.78. The van der Waals surface area contributed by atoms with Gasteiger partial charge < -0.3 is 4.90 Å². The first-order valence-electron chi connectivity index (χ1n) is 6.76. The predicted molar refractivity (Wildman–Crippen MR) is 71.8 cm³/mol. The summed E-state index contributed by atoms with van der Waals surface area (Å²) in [6.45, 7) is 0.622. The molecule has 3 amide bonds. The number of carbonyl (C=O) groups excluding carboxylic acids is 3. The van der Waals surface area contributed by atoms with Gasteiger partial charge >= 0.3 is 0 Å². The number of nitrogens with zero attached hydrogens (tertiary/aromatic N) is 1. The van der Waals surface area contributed by atoms with E-state index >= 15 is 0 Å². The zero-order valence-corrected chi connectivity index (χ0v) is 11.3. The van der Waals surface area contributed by atoms with Crippen LogP contribution in [0.25, 0.3) is 0 Å². The number of hydrogen-bond donors (Lipinski definition) is 1. The lowest BCUT2D eigenvalue weighted by atomic mass is 9.88. The van der Waals surface area contributed by atoms with Crippen molar-refractivity contribution >= 4 is 17.7 Å². The molecule has 0 saturated carbocycles. The fourth-order valence-electron chi connectivity index (χ4n) is 2.95. The van der Waals surface area contributed by atoms with Crippen LogP contribution in [0.2, 0.25) is 0 Å². The molecule has 2 heterocycles. The molecule has 1 saturated heterocycles. The van der Waals surface area contributed by atoms with E-state index in [2.05, 4.69) is 5.32 Å². The third-order valence-corrected chi connectivity index (χ3v) is 4.02. The third-order valence-electron chi connectivity index (χ3n) is 4.02. The minimum absolute atomic E-state index is 0.0166. The molecule has 1 aromatic rings. The van der Waals surface area contributed by atoms with Gasteiger partial charge in [0.1, 0.15) is 0 Å². The second-order valence-corrected chi connectivity index (χ2v) is 5.46. The van der Waals surface area contributed by atoms with Crippen LogP contribution in [0.3, 0.4) is 0 Å². The maximum Gasteiger partial charge on any atom is 0.254 e. The van der Waals surface area contributed by atoms with Crippen LogP contribution in [0.15, 0.2) is 18.2 Å². The Morgan fingerprint density at radius 2 is 2.10 bits per heavy atom. The van der Waals surface area contributed by atoms with E-state index in [4.69, 9.17) is 0 Å². The molecule has 1 unspecified atom stereocenters. The predicted octanol–water partition coefficient (Wildman–Crippen LogP) is 0.867. The SMILES string of the molecule is CN1Cc2cccc(CC3CCC(=O)NC3=O)c2C1=O. The second-order valence-electron chi connectivity index (χ2n) is 5.46. The van der Waals surface area contributed by atoms with Crippen molar-refractivity contribution in [3.63, 3.8) is 0 Å². The minimum Gasteiger partial charge on any atom is -0.337 e. The van der Waals surface area contributed by atoms with Crippen LogP contribution < -0.4 is 5.32 Å². The summed E-state index contributed by atoms with van der Waals surface area (Å²) in [6, 6.07) is 5.77. The quantitative estimate of drug-likeness (QED) is 0.812. The highest BCUT2D eigenvalue weighted by Crippen LogP contribution is 2.28. The maximum atomic E-state index is 12.2. The third kappa shape index (κ3) is 2.09. The number of imide groups is 1. The first-order valence-corrected chi connectivity index (χ1v) is 6.76. The average Bonchev–Trinajstić information content (AvgIpc) is 2.69. The van der Waals surface area contributed by atoms with Crippen molar-refractivity contribution in [2.45, 2.75) is 25.8 Å². The fourth-order valence-corrected chi connectivity index (χ4v) is 2.95. The molecule has 1 fully saturated rings. The highest BCUT2D eigenvalue weighted by atomic mass is 16.2. The summed E-state index contributed by atoms with van der Waals surface area (Å²) >= 11 is 0. The highest BCUT2D eigenvalue weighted by molar-refractivity contribution is 6.01. The Bertz CT molecular complexity index is 609. The summed E-state index contributed by atoms with van der Waals surface area (Å²) in [6.07, 6.45) is 1.44. The molecule has 5 heteroatoms. The largest absolute Gasteiger partial charge is 0.337 e. The molecule has 0 aliphatic carbocycles. The number of hydrogen-bond acceptors (Lipinski definition) is 3. The van der Waals surface area contributed by atoms with Gasteiger partial charge in [-0.05, 0) is 24.0 Å². The summed E-state index contributed by atoms with van der Waals surface area (Å²) in [5, 5.41) is 2.36. The van der Waals surface area contributed by atoms with E-state index in [-0.39, 0.29) is 23.6 Å². The molecule has 104 valence electrons. The van der Waals surface area contributed by atoms with Crippen LogP contribution in [0, 0.1) is 5.92 Å². The number of fused-ring (bicyclic) bond motifs is 1. The van der Waals surface area contributed by atoms with Crippen molar-refractivity contribution in [1.29, 1.82) is 0 Å². The monoisotopic (exact) mass is 272 g/mol. The van der Waals surface area contributed by atoms with Crippen LogP contribution in [0.5, 0.6) is 0 Å². The lowest BCUT2D eigenvalue weighted by Gasteiger charge is -2.21. The number of amides is 3. The van der Waals surface area contributed by atoms with Gasteiger partial charge in [-0.3, -0.25) is 19.7 Å². The lowest BCUT2D eigenvalue weighted by molar-refractivity contribution is -0.136. The van der Waals surface area contributed by atoms with E-state index < -0.39 is 0 Å². The molecule has 1 atom stereocenters. The minimum atomic E-state index is -0.224. The number of piperidine rings is 1. The fraction of sp³-hybridized carbons (Fsp3) is 0.400. The summed E-state index contributed by atoms with van der Waals surface area (Å²) in [5.74, 6) is -0.640.